The normalized spacial score (nSPS) is 17.3. The van der Waals surface area contributed by atoms with Crippen LogP contribution in [0.4, 0.5) is 35.0 Å². The van der Waals surface area contributed by atoms with Crippen LogP contribution >= 0.6 is 0 Å². The third-order valence-corrected chi connectivity index (χ3v) is 4.46. The van der Waals surface area contributed by atoms with Gasteiger partial charge in [-0.05, 0) is 6.07 Å². The predicted octanol–water partition coefficient (Wildman–Crippen LogP) is 2.67. The van der Waals surface area contributed by atoms with E-state index in [-0.39, 0.29) is 36.3 Å². The molecule has 1 aliphatic rings. The number of rotatable bonds is 8. The van der Waals surface area contributed by atoms with Gasteiger partial charge in [-0.25, -0.2) is 22.5 Å². The van der Waals surface area contributed by atoms with Crippen molar-refractivity contribution in [2.75, 3.05) is 10.6 Å². The van der Waals surface area contributed by atoms with E-state index < -0.39 is 29.7 Å². The molecule has 0 aliphatic heterocycles. The molecule has 0 saturated heterocycles. The summed E-state index contributed by atoms with van der Waals surface area (Å²) >= 11 is 0. The maximum Gasteiger partial charge on any atom is 0.242 e. The lowest BCUT2D eigenvalue weighted by molar-refractivity contribution is -0.122. The fourth-order valence-electron chi connectivity index (χ4n) is 2.79. The summed E-state index contributed by atoms with van der Waals surface area (Å²) in [5.41, 5.74) is 0.176. The van der Waals surface area contributed by atoms with Crippen molar-refractivity contribution in [1.82, 2.24) is 25.1 Å². The van der Waals surface area contributed by atoms with Crippen molar-refractivity contribution in [3.63, 3.8) is 0 Å². The topological polar surface area (TPSA) is 96.8 Å². The molecule has 1 aliphatic carbocycles. The van der Waals surface area contributed by atoms with E-state index in [1.165, 1.54) is 23.1 Å². The fourth-order valence-corrected chi connectivity index (χ4v) is 2.79. The minimum Gasteiger partial charge on any atom is -0.366 e. The Balaban J connectivity index is 1.34. The lowest BCUT2D eigenvalue weighted by Gasteiger charge is -2.09. The SMILES string of the molecule is O=C(Cn1cc(Nc2nccc(NCc3c(F)cc(F)cc3F)n2)cn1)NC1CC1F. The molecule has 2 heterocycles. The molecule has 12 heteroatoms. The number of alkyl halides is 1. The molecular formula is C19H17F4N7O. The van der Waals surface area contributed by atoms with Crippen LogP contribution in [-0.4, -0.2) is 37.9 Å². The minimum absolute atomic E-state index is 0.0673. The van der Waals surface area contributed by atoms with Crippen molar-refractivity contribution < 1.29 is 22.4 Å². The van der Waals surface area contributed by atoms with E-state index in [9.17, 15) is 22.4 Å². The third kappa shape index (κ3) is 5.27. The van der Waals surface area contributed by atoms with E-state index >= 15 is 0 Å². The van der Waals surface area contributed by atoms with Crippen molar-refractivity contribution in [1.29, 1.82) is 0 Å². The number of nitrogens with zero attached hydrogens (tertiary/aromatic N) is 4. The summed E-state index contributed by atoms with van der Waals surface area (Å²) < 4.78 is 54.7. The number of carbonyl (C=O) groups is 1. The van der Waals surface area contributed by atoms with E-state index in [0.29, 0.717) is 24.2 Å². The maximum absolute atomic E-state index is 13.7. The van der Waals surface area contributed by atoms with Crippen molar-refractivity contribution in [2.45, 2.75) is 31.7 Å². The molecule has 0 radical (unpaired) electrons. The van der Waals surface area contributed by atoms with Gasteiger partial charge in [0.15, 0.2) is 0 Å². The van der Waals surface area contributed by atoms with E-state index in [1.54, 1.807) is 6.20 Å². The first-order chi connectivity index (χ1) is 14.9. The van der Waals surface area contributed by atoms with Gasteiger partial charge in [0.25, 0.3) is 0 Å². The van der Waals surface area contributed by atoms with Gasteiger partial charge >= 0.3 is 0 Å². The number of benzene rings is 1. The lowest BCUT2D eigenvalue weighted by Crippen LogP contribution is -2.30. The van der Waals surface area contributed by atoms with Crippen LogP contribution in [0.15, 0.2) is 36.8 Å². The zero-order chi connectivity index (χ0) is 22.0. The average molecular weight is 435 g/mol. The molecule has 1 saturated carbocycles. The van der Waals surface area contributed by atoms with Gasteiger partial charge in [-0.1, -0.05) is 0 Å². The van der Waals surface area contributed by atoms with Crippen LogP contribution < -0.4 is 16.0 Å². The van der Waals surface area contributed by atoms with Gasteiger partial charge in [0.2, 0.25) is 11.9 Å². The molecule has 3 N–H and O–H groups in total. The molecular weight excluding hydrogens is 418 g/mol. The summed E-state index contributed by atoms with van der Waals surface area (Å²) in [6.07, 6.45) is 3.78. The Bertz CT molecular complexity index is 1080. The van der Waals surface area contributed by atoms with Gasteiger partial charge in [-0.15, -0.1) is 0 Å². The number of aromatic nitrogens is 4. The lowest BCUT2D eigenvalue weighted by atomic mass is 10.2. The van der Waals surface area contributed by atoms with Crippen LogP contribution in [0.2, 0.25) is 0 Å². The molecule has 31 heavy (non-hydrogen) atoms. The number of amides is 1. The van der Waals surface area contributed by atoms with Crippen molar-refractivity contribution in [3.8, 4) is 0 Å². The Labute approximate surface area is 173 Å². The van der Waals surface area contributed by atoms with Crippen molar-refractivity contribution in [3.05, 3.63) is 59.8 Å². The Hall–Kier alpha value is -3.70. The van der Waals surface area contributed by atoms with Crippen LogP contribution in [0, 0.1) is 17.5 Å². The second-order valence-electron chi connectivity index (χ2n) is 6.94. The van der Waals surface area contributed by atoms with Crippen LogP contribution in [0.1, 0.15) is 12.0 Å². The largest absolute Gasteiger partial charge is 0.366 e. The molecule has 2 atom stereocenters. The predicted molar refractivity (Wildman–Crippen MR) is 103 cm³/mol. The first-order valence-electron chi connectivity index (χ1n) is 9.30. The fraction of sp³-hybridized carbons (Fsp3) is 0.263. The van der Waals surface area contributed by atoms with Gasteiger partial charge in [-0.2, -0.15) is 10.1 Å². The third-order valence-electron chi connectivity index (χ3n) is 4.46. The summed E-state index contributed by atoms with van der Waals surface area (Å²) in [5, 5.41) is 12.2. The summed E-state index contributed by atoms with van der Waals surface area (Å²) in [6.45, 7) is -0.315. The summed E-state index contributed by atoms with van der Waals surface area (Å²) in [6, 6.07) is 2.28. The van der Waals surface area contributed by atoms with Gasteiger partial charge in [-0.3, -0.25) is 9.48 Å². The van der Waals surface area contributed by atoms with Crippen molar-refractivity contribution >= 4 is 23.4 Å². The Morgan fingerprint density at radius 2 is 1.97 bits per heavy atom. The van der Waals surface area contributed by atoms with Crippen LogP contribution in [0.3, 0.4) is 0 Å². The Morgan fingerprint density at radius 1 is 1.23 bits per heavy atom. The van der Waals surface area contributed by atoms with Gasteiger partial charge in [0.1, 0.15) is 36.0 Å². The maximum atomic E-state index is 13.7. The van der Waals surface area contributed by atoms with Crippen LogP contribution in [0.25, 0.3) is 0 Å². The monoisotopic (exact) mass is 435 g/mol. The summed E-state index contributed by atoms with van der Waals surface area (Å²) in [7, 11) is 0. The number of halogens is 4. The highest BCUT2D eigenvalue weighted by Gasteiger charge is 2.38. The number of hydrogen-bond acceptors (Lipinski definition) is 6. The first-order valence-corrected chi connectivity index (χ1v) is 9.30. The zero-order valence-corrected chi connectivity index (χ0v) is 15.9. The van der Waals surface area contributed by atoms with Gasteiger partial charge in [0.05, 0.1) is 17.9 Å². The van der Waals surface area contributed by atoms with E-state index in [2.05, 4.69) is 31.0 Å². The highest BCUT2D eigenvalue weighted by Crippen LogP contribution is 2.24. The van der Waals surface area contributed by atoms with Crippen LogP contribution in [0.5, 0.6) is 0 Å². The van der Waals surface area contributed by atoms with Gasteiger partial charge < -0.3 is 16.0 Å². The highest BCUT2D eigenvalue weighted by molar-refractivity contribution is 5.76. The molecule has 162 valence electrons. The number of anilines is 3. The van der Waals surface area contributed by atoms with Gasteiger partial charge in [0, 0.05) is 43.1 Å². The van der Waals surface area contributed by atoms with E-state index in [4.69, 9.17) is 0 Å². The Kier molecular flexibility index (Phi) is 5.69. The second-order valence-corrected chi connectivity index (χ2v) is 6.94. The molecule has 2 unspecified atom stereocenters. The smallest absolute Gasteiger partial charge is 0.242 e. The van der Waals surface area contributed by atoms with E-state index in [1.807, 2.05) is 0 Å². The summed E-state index contributed by atoms with van der Waals surface area (Å²) in [5.74, 6) is -2.90. The molecule has 3 aromatic rings. The molecule has 4 rings (SSSR count). The number of carbonyl (C=O) groups excluding carboxylic acids is 1. The first kappa shape index (κ1) is 20.6. The summed E-state index contributed by atoms with van der Waals surface area (Å²) in [4.78, 5) is 20.0. The average Bonchev–Trinajstić information content (AvgIpc) is 3.20. The molecule has 2 aromatic heterocycles. The van der Waals surface area contributed by atoms with Crippen molar-refractivity contribution in [2.24, 2.45) is 0 Å². The Morgan fingerprint density at radius 3 is 2.68 bits per heavy atom. The molecule has 8 nitrogen and oxygen atoms in total. The highest BCUT2D eigenvalue weighted by atomic mass is 19.1. The molecule has 1 aromatic carbocycles. The standard InChI is InChI=1S/C19H17F4N7O/c20-10-3-13(21)12(14(22)4-10)7-25-17-1-2-24-19(29-17)27-11-6-26-30(8-11)9-18(31)28-16-5-15(16)23/h1-4,6,8,15-16H,5,7,9H2,(H,28,31)(H2,24,25,27,29). The quantitative estimate of drug-likeness (QED) is 0.471. The molecule has 0 spiro atoms. The number of hydrogen-bond donors (Lipinski definition) is 3. The second kappa shape index (κ2) is 8.58. The van der Waals surface area contributed by atoms with Crippen LogP contribution in [-0.2, 0) is 17.9 Å². The molecule has 1 fully saturated rings. The minimum atomic E-state index is -1.00. The number of nitrogens with one attached hydrogen (secondary N) is 3. The zero-order valence-electron chi connectivity index (χ0n) is 15.9. The molecule has 1 amide bonds. The van der Waals surface area contributed by atoms with E-state index in [0.717, 1.165) is 0 Å². The molecule has 0 bridgehead atoms.